The fraction of sp³-hybridized carbons (Fsp3) is 0.385. The summed E-state index contributed by atoms with van der Waals surface area (Å²) in [6.45, 7) is 7.15. The molecule has 7 heteroatoms. The highest BCUT2D eigenvalue weighted by molar-refractivity contribution is 5.82. The lowest BCUT2D eigenvalue weighted by molar-refractivity contribution is -0.133. The maximum atomic E-state index is 13.9. The molecule has 0 bridgehead atoms. The molecule has 6 nitrogen and oxygen atoms in total. The number of rotatable bonds is 6. The fourth-order valence-corrected chi connectivity index (χ4v) is 4.40. The summed E-state index contributed by atoms with van der Waals surface area (Å²) in [6.07, 6.45) is 0.634. The zero-order valence-corrected chi connectivity index (χ0v) is 19.3. The first-order valence-electron chi connectivity index (χ1n) is 11.2. The van der Waals surface area contributed by atoms with Gasteiger partial charge in [-0.1, -0.05) is 18.2 Å². The minimum absolute atomic E-state index is 0.0351. The number of carbonyl (C=O) groups excluding carboxylic acids is 1. The van der Waals surface area contributed by atoms with E-state index in [0.717, 1.165) is 35.2 Å². The van der Waals surface area contributed by atoms with E-state index in [0.29, 0.717) is 37.2 Å². The molecule has 174 valence electrons. The summed E-state index contributed by atoms with van der Waals surface area (Å²) in [5, 5.41) is 0.909. The molecule has 0 unspecified atom stereocenters. The number of ether oxygens (including phenoxy) is 1. The highest BCUT2D eigenvalue weighted by atomic mass is 19.1. The second-order valence-corrected chi connectivity index (χ2v) is 8.62. The average molecular weight is 453 g/mol. The van der Waals surface area contributed by atoms with Crippen LogP contribution in [-0.4, -0.2) is 49.0 Å². The van der Waals surface area contributed by atoms with Gasteiger partial charge in [-0.2, -0.15) is 0 Å². The third-order valence-corrected chi connectivity index (χ3v) is 6.38. The van der Waals surface area contributed by atoms with Gasteiger partial charge in [-0.3, -0.25) is 9.69 Å². The van der Waals surface area contributed by atoms with E-state index in [1.54, 1.807) is 6.07 Å². The van der Waals surface area contributed by atoms with Crippen LogP contribution in [0.3, 0.4) is 0 Å². The Balaban J connectivity index is 1.33. The highest BCUT2D eigenvalue weighted by Crippen LogP contribution is 2.22. The van der Waals surface area contributed by atoms with E-state index in [2.05, 4.69) is 4.90 Å². The molecule has 2 heterocycles. The van der Waals surface area contributed by atoms with Gasteiger partial charge in [0.1, 0.15) is 5.58 Å². The molecule has 33 heavy (non-hydrogen) atoms. The molecule has 3 aromatic rings. The van der Waals surface area contributed by atoms with Gasteiger partial charge in [0, 0.05) is 50.1 Å². The van der Waals surface area contributed by atoms with Crippen LogP contribution in [-0.2, 0) is 17.8 Å². The average Bonchev–Trinajstić information content (AvgIpc) is 2.79. The summed E-state index contributed by atoms with van der Waals surface area (Å²) in [6, 6.07) is 10.8. The molecule has 0 radical (unpaired) electrons. The predicted molar refractivity (Wildman–Crippen MR) is 125 cm³/mol. The van der Waals surface area contributed by atoms with Crippen molar-refractivity contribution in [2.75, 3.05) is 33.3 Å². The van der Waals surface area contributed by atoms with Crippen molar-refractivity contribution in [3.8, 4) is 5.75 Å². The van der Waals surface area contributed by atoms with Gasteiger partial charge in [0.05, 0.1) is 7.11 Å². The Labute approximate surface area is 192 Å². The van der Waals surface area contributed by atoms with Crippen molar-refractivity contribution in [1.29, 1.82) is 0 Å². The molecule has 1 amide bonds. The Morgan fingerprint density at radius 2 is 1.85 bits per heavy atom. The van der Waals surface area contributed by atoms with E-state index in [-0.39, 0.29) is 29.5 Å². The maximum absolute atomic E-state index is 13.9. The second-order valence-electron chi connectivity index (χ2n) is 8.62. The summed E-state index contributed by atoms with van der Waals surface area (Å²) >= 11 is 0. The molecular formula is C26H29FN2O4. The number of hydrogen-bond donors (Lipinski definition) is 0. The molecule has 0 saturated carbocycles. The predicted octanol–water partition coefficient (Wildman–Crippen LogP) is 3.83. The van der Waals surface area contributed by atoms with Gasteiger partial charge in [-0.25, -0.2) is 9.18 Å². The van der Waals surface area contributed by atoms with Gasteiger partial charge in [-0.15, -0.1) is 0 Å². The van der Waals surface area contributed by atoms with Crippen LogP contribution in [0.5, 0.6) is 5.75 Å². The molecule has 1 saturated heterocycles. The van der Waals surface area contributed by atoms with E-state index < -0.39 is 0 Å². The first-order chi connectivity index (χ1) is 15.9. The van der Waals surface area contributed by atoms with Crippen molar-refractivity contribution < 1.29 is 18.3 Å². The van der Waals surface area contributed by atoms with Crippen LogP contribution in [0.4, 0.5) is 4.39 Å². The van der Waals surface area contributed by atoms with Crippen molar-refractivity contribution in [2.45, 2.75) is 33.2 Å². The molecule has 1 aliphatic heterocycles. The van der Waals surface area contributed by atoms with E-state index in [1.807, 2.05) is 43.0 Å². The Kier molecular flexibility index (Phi) is 6.79. The topological polar surface area (TPSA) is 63.0 Å². The molecule has 1 aliphatic rings. The van der Waals surface area contributed by atoms with Gasteiger partial charge >= 0.3 is 5.63 Å². The van der Waals surface area contributed by atoms with Crippen LogP contribution >= 0.6 is 0 Å². The number of halogens is 1. The quantitative estimate of drug-likeness (QED) is 0.532. The van der Waals surface area contributed by atoms with E-state index in [9.17, 15) is 14.0 Å². The van der Waals surface area contributed by atoms with Crippen LogP contribution in [0.25, 0.3) is 11.0 Å². The second kappa shape index (κ2) is 9.75. The lowest BCUT2D eigenvalue weighted by atomic mass is 10.0. The van der Waals surface area contributed by atoms with Crippen molar-refractivity contribution in [1.82, 2.24) is 9.80 Å². The van der Waals surface area contributed by atoms with Crippen LogP contribution in [0.2, 0.25) is 0 Å². The van der Waals surface area contributed by atoms with Gasteiger partial charge in [-0.05, 0) is 55.2 Å². The summed E-state index contributed by atoms with van der Waals surface area (Å²) in [5.74, 6) is -0.0969. The molecule has 4 rings (SSSR count). The molecular weight excluding hydrogens is 423 g/mol. The smallest absolute Gasteiger partial charge is 0.339 e. The van der Waals surface area contributed by atoms with Crippen LogP contribution in [0.1, 0.15) is 28.7 Å². The number of benzene rings is 2. The third kappa shape index (κ3) is 5.09. The third-order valence-electron chi connectivity index (χ3n) is 6.38. The Hall–Kier alpha value is -3.19. The molecule has 0 aliphatic carbocycles. The van der Waals surface area contributed by atoms with Crippen LogP contribution < -0.4 is 10.4 Å². The van der Waals surface area contributed by atoms with Crippen molar-refractivity contribution >= 4 is 16.9 Å². The van der Waals surface area contributed by atoms with E-state index in [1.165, 1.54) is 13.2 Å². The van der Waals surface area contributed by atoms with Crippen molar-refractivity contribution in [3.05, 3.63) is 74.9 Å². The largest absolute Gasteiger partial charge is 0.494 e. The molecule has 1 fully saturated rings. The SMILES string of the molecule is COc1ccc(CN2CCN(C(=O)CCc3c(C)c4ccc(C)cc4oc3=O)CC2)cc1F. The van der Waals surface area contributed by atoms with Crippen molar-refractivity contribution in [3.63, 3.8) is 0 Å². The zero-order chi connectivity index (χ0) is 23.5. The molecule has 0 spiro atoms. The van der Waals surface area contributed by atoms with Crippen LogP contribution in [0, 0.1) is 19.7 Å². The van der Waals surface area contributed by atoms with Gasteiger partial charge in [0.25, 0.3) is 0 Å². The number of fused-ring (bicyclic) bond motifs is 1. The summed E-state index contributed by atoms with van der Waals surface area (Å²) in [5.41, 5.74) is 3.58. The number of piperazine rings is 1. The molecule has 1 aromatic heterocycles. The zero-order valence-electron chi connectivity index (χ0n) is 19.3. The maximum Gasteiger partial charge on any atom is 0.339 e. The Morgan fingerprint density at radius 1 is 1.09 bits per heavy atom. The number of amides is 1. The van der Waals surface area contributed by atoms with Gasteiger partial charge in [0.2, 0.25) is 5.91 Å². The molecule has 0 N–H and O–H groups in total. The van der Waals surface area contributed by atoms with E-state index >= 15 is 0 Å². The number of nitrogens with zero attached hydrogens (tertiary/aromatic N) is 2. The van der Waals surface area contributed by atoms with E-state index in [4.69, 9.17) is 9.15 Å². The molecule has 0 atom stereocenters. The lowest BCUT2D eigenvalue weighted by Gasteiger charge is -2.35. The first-order valence-corrected chi connectivity index (χ1v) is 11.2. The van der Waals surface area contributed by atoms with Gasteiger partial charge in [0.15, 0.2) is 11.6 Å². The summed E-state index contributed by atoms with van der Waals surface area (Å²) in [7, 11) is 1.45. The number of aryl methyl sites for hydroxylation is 2. The monoisotopic (exact) mass is 452 g/mol. The minimum atomic E-state index is -0.368. The van der Waals surface area contributed by atoms with Gasteiger partial charge < -0.3 is 14.1 Å². The number of carbonyl (C=O) groups is 1. The standard InChI is InChI=1S/C26H29FN2O4/c1-17-4-6-20-18(2)21(26(31)33-24(20)14-17)7-9-25(30)29-12-10-28(11-13-29)16-19-5-8-23(32-3)22(27)15-19/h4-6,8,14-15H,7,9-13,16H2,1-3H3. The number of methoxy groups -OCH3 is 1. The minimum Gasteiger partial charge on any atom is -0.494 e. The molecule has 2 aromatic carbocycles. The lowest BCUT2D eigenvalue weighted by Crippen LogP contribution is -2.48. The first kappa shape index (κ1) is 23.0. The fourth-order valence-electron chi connectivity index (χ4n) is 4.40. The summed E-state index contributed by atoms with van der Waals surface area (Å²) < 4.78 is 24.4. The van der Waals surface area contributed by atoms with Crippen LogP contribution in [0.15, 0.2) is 45.6 Å². The summed E-state index contributed by atoms with van der Waals surface area (Å²) in [4.78, 5) is 29.3. The van der Waals surface area contributed by atoms with Crippen molar-refractivity contribution in [2.24, 2.45) is 0 Å². The Morgan fingerprint density at radius 3 is 2.55 bits per heavy atom. The highest BCUT2D eigenvalue weighted by Gasteiger charge is 2.22. The number of hydrogen-bond acceptors (Lipinski definition) is 5. The normalized spacial score (nSPS) is 14.6. The Bertz CT molecular complexity index is 1230.